The number of esters is 1. The van der Waals surface area contributed by atoms with E-state index in [1.54, 1.807) is 6.92 Å². The predicted molar refractivity (Wildman–Crippen MR) is 91.7 cm³/mol. The van der Waals surface area contributed by atoms with Gasteiger partial charge in [-0.2, -0.15) is 0 Å². The zero-order valence-electron chi connectivity index (χ0n) is 14.8. The Morgan fingerprint density at radius 2 is 1.69 bits per heavy atom. The summed E-state index contributed by atoms with van der Waals surface area (Å²) < 4.78 is 4.65. The summed E-state index contributed by atoms with van der Waals surface area (Å²) in [6, 6.07) is 2.79. The predicted octanol–water partition coefficient (Wildman–Crippen LogP) is 2.55. The van der Waals surface area contributed by atoms with Gasteiger partial charge in [0.15, 0.2) is 0 Å². The third kappa shape index (κ3) is 5.50. The molecule has 1 atom stereocenters. The molecule has 0 saturated heterocycles. The molecule has 0 heterocycles. The Morgan fingerprint density at radius 1 is 1.15 bits per heavy atom. The first-order chi connectivity index (χ1) is 12.2. The highest BCUT2D eigenvalue weighted by Crippen LogP contribution is 2.24. The van der Waals surface area contributed by atoms with E-state index in [1.165, 1.54) is 12.0 Å². The molecule has 1 amide bonds. The van der Waals surface area contributed by atoms with Crippen LogP contribution in [0.15, 0.2) is 18.2 Å². The van der Waals surface area contributed by atoms with E-state index in [4.69, 9.17) is 0 Å². The number of carbonyl (C=O) groups excluding carboxylic acids is 2. The van der Waals surface area contributed by atoms with E-state index in [9.17, 15) is 29.8 Å². The van der Waals surface area contributed by atoms with E-state index < -0.39 is 39.0 Å². The molecular formula is C16H21N3O7. The van der Waals surface area contributed by atoms with Crippen LogP contribution in [0, 0.1) is 26.1 Å². The number of amides is 1. The Morgan fingerprint density at radius 3 is 2.12 bits per heavy atom. The highest BCUT2D eigenvalue weighted by Gasteiger charge is 2.26. The molecule has 0 aromatic heterocycles. The van der Waals surface area contributed by atoms with Crippen molar-refractivity contribution < 1.29 is 24.2 Å². The Bertz CT molecular complexity index is 673. The number of benzene rings is 1. The highest BCUT2D eigenvalue weighted by atomic mass is 16.6. The van der Waals surface area contributed by atoms with E-state index in [1.807, 2.05) is 6.92 Å². The Kier molecular flexibility index (Phi) is 7.63. The van der Waals surface area contributed by atoms with Crippen molar-refractivity contribution in [3.63, 3.8) is 0 Å². The molecule has 0 bridgehead atoms. The fourth-order valence-electron chi connectivity index (χ4n) is 2.34. The van der Waals surface area contributed by atoms with Crippen LogP contribution < -0.4 is 0 Å². The van der Waals surface area contributed by atoms with E-state index in [0.717, 1.165) is 24.6 Å². The first-order valence-corrected chi connectivity index (χ1v) is 8.02. The largest absolute Gasteiger partial charge is 0.469 e. The molecule has 10 nitrogen and oxygen atoms in total. The van der Waals surface area contributed by atoms with Crippen LogP contribution >= 0.6 is 0 Å². The molecule has 0 spiro atoms. The second-order valence-electron chi connectivity index (χ2n) is 5.78. The molecule has 142 valence electrons. The number of unbranched alkanes of at least 4 members (excludes halogenated alkanes) is 1. The number of nitrogens with zero attached hydrogens (tertiary/aromatic N) is 3. The lowest BCUT2D eigenvalue weighted by atomic mass is 10.1. The Hall–Kier alpha value is -3.04. The van der Waals surface area contributed by atoms with Crippen LogP contribution in [0.5, 0.6) is 0 Å². The first kappa shape index (κ1) is 21.0. The van der Waals surface area contributed by atoms with Crippen molar-refractivity contribution in [3.8, 4) is 0 Å². The molecule has 26 heavy (non-hydrogen) atoms. The van der Waals surface area contributed by atoms with Crippen molar-refractivity contribution in [1.29, 1.82) is 0 Å². The number of methoxy groups -OCH3 is 1. The Balaban J connectivity index is 3.22. The maximum Gasteiger partial charge on any atom is 0.310 e. The minimum absolute atomic E-state index is 0.0436. The molecular weight excluding hydrogens is 346 g/mol. The average Bonchev–Trinajstić information content (AvgIpc) is 2.62. The normalized spacial score (nSPS) is 11.5. The molecule has 0 aliphatic carbocycles. The first-order valence-electron chi connectivity index (χ1n) is 8.02. The molecule has 0 aliphatic heterocycles. The fraction of sp³-hybridized carbons (Fsp3) is 0.500. The van der Waals surface area contributed by atoms with E-state index in [0.29, 0.717) is 13.0 Å². The zero-order chi connectivity index (χ0) is 19.9. The molecule has 1 aromatic rings. The summed E-state index contributed by atoms with van der Waals surface area (Å²) >= 11 is 0. The third-order valence-electron chi connectivity index (χ3n) is 3.74. The van der Waals surface area contributed by atoms with Crippen LogP contribution in [0.25, 0.3) is 0 Å². The van der Waals surface area contributed by atoms with Crippen molar-refractivity contribution in [2.45, 2.75) is 26.7 Å². The summed E-state index contributed by atoms with van der Waals surface area (Å²) in [5, 5.41) is 22.0. The number of carbonyl (C=O) groups is 2. The van der Waals surface area contributed by atoms with E-state index >= 15 is 0 Å². The van der Waals surface area contributed by atoms with Crippen LogP contribution in [-0.2, 0) is 9.53 Å². The summed E-state index contributed by atoms with van der Waals surface area (Å²) in [4.78, 5) is 46.2. The second kappa shape index (κ2) is 9.44. The van der Waals surface area contributed by atoms with Gasteiger partial charge in [0, 0.05) is 25.2 Å². The lowest BCUT2D eigenvalue weighted by Crippen LogP contribution is -2.38. The monoisotopic (exact) mass is 367 g/mol. The minimum Gasteiger partial charge on any atom is -0.469 e. The number of ether oxygens (including phenoxy) is 1. The van der Waals surface area contributed by atoms with Crippen LogP contribution in [-0.4, -0.2) is 46.8 Å². The van der Waals surface area contributed by atoms with Crippen molar-refractivity contribution >= 4 is 23.3 Å². The summed E-state index contributed by atoms with van der Waals surface area (Å²) in [5.74, 6) is -1.71. The lowest BCUT2D eigenvalue weighted by molar-refractivity contribution is -0.394. The summed E-state index contributed by atoms with van der Waals surface area (Å²) in [6.07, 6.45) is 1.43. The maximum absolute atomic E-state index is 12.8. The van der Waals surface area contributed by atoms with Crippen LogP contribution in [0.2, 0.25) is 0 Å². The van der Waals surface area contributed by atoms with Gasteiger partial charge in [-0.1, -0.05) is 20.3 Å². The number of nitro groups is 2. The summed E-state index contributed by atoms with van der Waals surface area (Å²) in [6.45, 7) is 3.87. The smallest absolute Gasteiger partial charge is 0.310 e. The van der Waals surface area contributed by atoms with Gasteiger partial charge < -0.3 is 9.64 Å². The SMILES string of the molecule is CCCCN(CC(C)C(=O)OC)C(=O)c1cc([N+](=O)[O-])cc([N+](=O)[O-])c1. The lowest BCUT2D eigenvalue weighted by Gasteiger charge is -2.25. The summed E-state index contributed by atoms with van der Waals surface area (Å²) in [7, 11) is 1.24. The van der Waals surface area contributed by atoms with Crippen molar-refractivity contribution in [3.05, 3.63) is 44.0 Å². The minimum atomic E-state index is -0.794. The average molecular weight is 367 g/mol. The number of hydrogen-bond acceptors (Lipinski definition) is 7. The molecule has 0 N–H and O–H groups in total. The van der Waals surface area contributed by atoms with Gasteiger partial charge >= 0.3 is 5.97 Å². The van der Waals surface area contributed by atoms with Gasteiger partial charge in [-0.25, -0.2) is 0 Å². The van der Waals surface area contributed by atoms with Crippen molar-refractivity contribution in [2.24, 2.45) is 5.92 Å². The molecule has 1 unspecified atom stereocenters. The van der Waals surface area contributed by atoms with Crippen LogP contribution in [0.3, 0.4) is 0 Å². The van der Waals surface area contributed by atoms with Gasteiger partial charge in [-0.15, -0.1) is 0 Å². The van der Waals surface area contributed by atoms with Gasteiger partial charge in [0.25, 0.3) is 17.3 Å². The van der Waals surface area contributed by atoms with Crippen molar-refractivity contribution in [2.75, 3.05) is 20.2 Å². The van der Waals surface area contributed by atoms with Crippen LogP contribution in [0.4, 0.5) is 11.4 Å². The van der Waals surface area contributed by atoms with Gasteiger partial charge in [0.05, 0.1) is 34.5 Å². The molecule has 0 radical (unpaired) electrons. The highest BCUT2D eigenvalue weighted by molar-refractivity contribution is 5.96. The molecule has 0 aliphatic rings. The van der Waals surface area contributed by atoms with Gasteiger partial charge in [-0.3, -0.25) is 29.8 Å². The zero-order valence-corrected chi connectivity index (χ0v) is 14.8. The maximum atomic E-state index is 12.8. The molecule has 10 heteroatoms. The topological polar surface area (TPSA) is 133 Å². The van der Waals surface area contributed by atoms with Crippen molar-refractivity contribution in [1.82, 2.24) is 4.90 Å². The van der Waals surface area contributed by atoms with Gasteiger partial charge in [0.1, 0.15) is 0 Å². The standard InChI is InChI=1S/C16H21N3O7/c1-4-5-6-17(10-11(2)16(21)26-3)15(20)12-7-13(18(22)23)9-14(8-12)19(24)25/h7-9,11H,4-6,10H2,1-3H3. The van der Waals surface area contributed by atoms with E-state index in [2.05, 4.69) is 4.74 Å². The number of non-ortho nitro benzene ring substituents is 2. The molecule has 0 saturated carbocycles. The Labute approximate surface area is 150 Å². The number of nitro benzene ring substituents is 2. The molecule has 1 aromatic carbocycles. The second-order valence-corrected chi connectivity index (χ2v) is 5.78. The van der Waals surface area contributed by atoms with E-state index in [-0.39, 0.29) is 12.1 Å². The van der Waals surface area contributed by atoms with Gasteiger partial charge in [-0.05, 0) is 6.42 Å². The third-order valence-corrected chi connectivity index (χ3v) is 3.74. The number of rotatable bonds is 9. The quantitative estimate of drug-likeness (QED) is 0.372. The van der Waals surface area contributed by atoms with Gasteiger partial charge in [0.2, 0.25) is 0 Å². The molecule has 1 rings (SSSR count). The van der Waals surface area contributed by atoms with Crippen LogP contribution in [0.1, 0.15) is 37.0 Å². The molecule has 0 fully saturated rings. The fourth-order valence-corrected chi connectivity index (χ4v) is 2.34. The number of hydrogen-bond donors (Lipinski definition) is 0. The summed E-state index contributed by atoms with van der Waals surface area (Å²) in [5.41, 5.74) is -1.25.